The second-order valence-electron chi connectivity index (χ2n) is 5.27. The van der Waals surface area contributed by atoms with Crippen molar-refractivity contribution >= 4 is 39.6 Å². The minimum absolute atomic E-state index is 0.00157. The molecule has 1 aromatic rings. The first-order valence-electron chi connectivity index (χ1n) is 10.0. The molecular weight excluding hydrogens is 496 g/mol. The van der Waals surface area contributed by atoms with Gasteiger partial charge in [0.05, 0.1) is 18.4 Å². The normalized spacial score (nSPS) is 9.52. The van der Waals surface area contributed by atoms with E-state index in [1.165, 1.54) is 31.4 Å². The van der Waals surface area contributed by atoms with Crippen molar-refractivity contribution in [3.05, 3.63) is 69.3 Å². The van der Waals surface area contributed by atoms with Gasteiger partial charge < -0.3 is 19.9 Å². The summed E-state index contributed by atoms with van der Waals surface area (Å²) in [7, 11) is 1.42. The standard InChI is InChI=1S/C13H11BrN2O4.C6H10O3.2C2H6/c1-8(20-2)3-6-12(17)15-11-5-4-9(14)7-10(11)13(18)16-19;1-3-5(2)4-9-6(7)8;2*1-2/h3-7H,1H2,2H3,(H,15,17);3H,4H2,1-2H3,(H,7,8);2*1-2H3/b6-3+;5-3-;;. The van der Waals surface area contributed by atoms with Crippen LogP contribution in [0.25, 0.3) is 0 Å². The number of hydrogen-bond donors (Lipinski definition) is 2. The smallest absolute Gasteiger partial charge is 0.497 e. The predicted molar refractivity (Wildman–Crippen MR) is 134 cm³/mol. The molecule has 2 N–H and O–H groups in total. The van der Waals surface area contributed by atoms with Gasteiger partial charge in [-0.2, -0.15) is 0 Å². The van der Waals surface area contributed by atoms with E-state index in [4.69, 9.17) is 9.84 Å². The van der Waals surface area contributed by atoms with E-state index >= 15 is 0 Å². The molecule has 0 aliphatic rings. The van der Waals surface area contributed by atoms with Crippen LogP contribution >= 0.6 is 15.9 Å². The van der Waals surface area contributed by atoms with E-state index in [-0.39, 0.29) is 17.9 Å². The van der Waals surface area contributed by atoms with Crippen molar-refractivity contribution in [3.63, 3.8) is 0 Å². The fourth-order valence-corrected chi connectivity index (χ4v) is 1.88. The number of methoxy groups -OCH3 is 1. The van der Waals surface area contributed by atoms with Gasteiger partial charge in [-0.25, -0.2) is 4.79 Å². The molecule has 0 unspecified atom stereocenters. The van der Waals surface area contributed by atoms with Gasteiger partial charge in [-0.05, 0) is 43.7 Å². The summed E-state index contributed by atoms with van der Waals surface area (Å²) in [5.41, 5.74) is 1.11. The first-order chi connectivity index (χ1) is 15.6. The monoisotopic (exact) mass is 528 g/mol. The first kappa shape index (κ1) is 34.3. The van der Waals surface area contributed by atoms with Gasteiger partial charge in [0.15, 0.2) is 0 Å². The molecule has 0 heterocycles. The Labute approximate surface area is 203 Å². The lowest BCUT2D eigenvalue weighted by Gasteiger charge is -2.07. The minimum Gasteiger partial charge on any atom is -0.497 e. The number of nitrogens with zero attached hydrogens (tertiary/aromatic N) is 1. The predicted octanol–water partition coefficient (Wildman–Crippen LogP) is 6.71. The van der Waals surface area contributed by atoms with Crippen LogP contribution in [0.5, 0.6) is 0 Å². The highest BCUT2D eigenvalue weighted by Gasteiger charge is 2.13. The zero-order chi connectivity index (χ0) is 26.4. The minimum atomic E-state index is -1.23. The fraction of sp³-hybridized carbons (Fsp3) is 0.348. The molecule has 0 spiro atoms. The van der Waals surface area contributed by atoms with E-state index in [0.29, 0.717) is 10.2 Å². The van der Waals surface area contributed by atoms with Crippen LogP contribution in [0.4, 0.5) is 10.5 Å². The highest BCUT2D eigenvalue weighted by Crippen LogP contribution is 2.22. The van der Waals surface area contributed by atoms with E-state index in [1.807, 2.05) is 47.6 Å². The molecule has 0 bridgehead atoms. The molecule has 1 aromatic carbocycles. The van der Waals surface area contributed by atoms with Crippen molar-refractivity contribution in [1.29, 1.82) is 0 Å². The number of carbonyl (C=O) groups excluding carboxylic acids is 2. The van der Waals surface area contributed by atoms with E-state index in [1.54, 1.807) is 6.07 Å². The highest BCUT2D eigenvalue weighted by atomic mass is 79.9. The van der Waals surface area contributed by atoms with Gasteiger partial charge in [0.2, 0.25) is 5.91 Å². The number of nitrogens with one attached hydrogen (secondary N) is 1. The summed E-state index contributed by atoms with van der Waals surface area (Å²) >= 11 is 3.17. The molecule has 1 rings (SSSR count). The molecule has 2 amide bonds. The number of carboxylic acid groups (broad SMARTS) is 1. The summed E-state index contributed by atoms with van der Waals surface area (Å²) in [5.74, 6) is -1.15. The zero-order valence-corrected chi connectivity index (χ0v) is 21.7. The maximum atomic E-state index is 11.7. The number of hydrogen-bond acceptors (Lipinski definition) is 6. The van der Waals surface area contributed by atoms with Gasteiger partial charge in [-0.3, -0.25) is 9.59 Å². The Morgan fingerprint density at radius 3 is 2.21 bits per heavy atom. The second kappa shape index (κ2) is 21.9. The van der Waals surface area contributed by atoms with Crippen molar-refractivity contribution in [1.82, 2.24) is 0 Å². The van der Waals surface area contributed by atoms with Crippen LogP contribution in [0.3, 0.4) is 0 Å². The van der Waals surface area contributed by atoms with E-state index in [2.05, 4.69) is 37.7 Å². The van der Waals surface area contributed by atoms with Crippen LogP contribution in [-0.4, -0.2) is 36.8 Å². The fourth-order valence-electron chi connectivity index (χ4n) is 1.52. The first-order valence-corrected chi connectivity index (χ1v) is 10.8. The molecule has 33 heavy (non-hydrogen) atoms. The molecule has 0 radical (unpaired) electrons. The maximum absolute atomic E-state index is 11.7. The Hall–Kier alpha value is -3.27. The summed E-state index contributed by atoms with van der Waals surface area (Å²) in [6, 6.07) is 4.51. The Morgan fingerprint density at radius 2 is 1.76 bits per heavy atom. The number of halogens is 1. The highest BCUT2D eigenvalue weighted by molar-refractivity contribution is 9.10. The Morgan fingerprint density at radius 1 is 1.18 bits per heavy atom. The Bertz CT molecular complexity index is 834. The van der Waals surface area contributed by atoms with Gasteiger partial charge in [-0.15, -0.1) is 4.91 Å². The van der Waals surface area contributed by atoms with Crippen molar-refractivity contribution in [2.75, 3.05) is 19.0 Å². The number of benzene rings is 1. The number of ether oxygens (including phenoxy) is 2. The number of rotatable bonds is 7. The molecule has 9 nitrogen and oxygen atoms in total. The van der Waals surface area contributed by atoms with Crippen molar-refractivity contribution in [3.8, 4) is 0 Å². The largest absolute Gasteiger partial charge is 0.506 e. The van der Waals surface area contributed by atoms with Crippen LogP contribution in [0.2, 0.25) is 0 Å². The van der Waals surface area contributed by atoms with Crippen molar-refractivity contribution < 1.29 is 29.0 Å². The zero-order valence-electron chi connectivity index (χ0n) is 20.1. The average molecular weight is 529 g/mol. The van der Waals surface area contributed by atoms with Crippen molar-refractivity contribution in [2.45, 2.75) is 41.5 Å². The molecule has 0 aromatic heterocycles. The summed E-state index contributed by atoms with van der Waals surface area (Å²) in [5, 5.41) is 12.8. The quantitative estimate of drug-likeness (QED) is 0.100. The third-order valence-corrected chi connectivity index (χ3v) is 3.64. The van der Waals surface area contributed by atoms with E-state index < -0.39 is 18.0 Å². The molecule has 10 heteroatoms. The Kier molecular flexibility index (Phi) is 22.8. The van der Waals surface area contributed by atoms with E-state index in [0.717, 1.165) is 5.57 Å². The maximum Gasteiger partial charge on any atom is 0.506 e. The lowest BCUT2D eigenvalue weighted by atomic mass is 10.1. The molecule has 0 fully saturated rings. The number of allylic oxidation sites excluding steroid dienone is 2. The lowest BCUT2D eigenvalue weighted by molar-refractivity contribution is -0.111. The SMILES string of the molecule is C/C=C(/C)COC(=O)O.C=C(/C=C/C(=O)Nc1ccc(Br)cc1C(=O)N=O)OC.CC.CC. The molecular formula is C23H33BrN2O7. The third kappa shape index (κ3) is 18.0. The van der Waals surface area contributed by atoms with Gasteiger partial charge in [0.25, 0.3) is 0 Å². The topological polar surface area (TPSA) is 131 Å². The van der Waals surface area contributed by atoms with Crippen molar-refractivity contribution in [2.24, 2.45) is 5.18 Å². The summed E-state index contributed by atoms with van der Waals surface area (Å²) in [4.78, 5) is 43.1. The number of anilines is 1. The molecule has 184 valence electrons. The molecule has 0 atom stereocenters. The summed E-state index contributed by atoms with van der Waals surface area (Å²) in [6.45, 7) is 15.3. The van der Waals surface area contributed by atoms with Gasteiger partial charge >= 0.3 is 12.1 Å². The number of nitroso groups, excluding NO2 is 1. The summed E-state index contributed by atoms with van der Waals surface area (Å²) in [6.07, 6.45) is 3.14. The Balaban J connectivity index is -0.000000581. The van der Waals surface area contributed by atoms with Gasteiger partial charge in [0, 0.05) is 15.7 Å². The number of amides is 2. The average Bonchev–Trinajstić information content (AvgIpc) is 2.84. The van der Waals surface area contributed by atoms with Gasteiger partial charge in [0.1, 0.15) is 12.4 Å². The van der Waals surface area contributed by atoms with Crippen LogP contribution in [0, 0.1) is 4.91 Å². The molecule has 0 saturated heterocycles. The molecule has 0 aliphatic carbocycles. The number of carbonyl (C=O) groups is 3. The molecule has 0 aliphatic heterocycles. The van der Waals surface area contributed by atoms with Gasteiger partial charge in [-0.1, -0.05) is 56.3 Å². The second-order valence-corrected chi connectivity index (χ2v) is 6.18. The van der Waals surface area contributed by atoms with Crippen LogP contribution in [-0.2, 0) is 14.3 Å². The molecule has 0 saturated carbocycles. The lowest BCUT2D eigenvalue weighted by Crippen LogP contribution is -2.11. The van der Waals surface area contributed by atoms with Crippen LogP contribution in [0.15, 0.2) is 64.0 Å². The van der Waals surface area contributed by atoms with E-state index in [9.17, 15) is 19.3 Å². The summed E-state index contributed by atoms with van der Waals surface area (Å²) < 4.78 is 9.60. The van der Waals surface area contributed by atoms with Crippen LogP contribution in [0.1, 0.15) is 51.9 Å². The third-order valence-electron chi connectivity index (χ3n) is 3.15. The van der Waals surface area contributed by atoms with Crippen LogP contribution < -0.4 is 5.32 Å².